The van der Waals surface area contributed by atoms with Crippen LogP contribution in [0, 0.1) is 0 Å². The van der Waals surface area contributed by atoms with Crippen LogP contribution in [0.5, 0.6) is 5.75 Å². The summed E-state index contributed by atoms with van der Waals surface area (Å²) in [5.41, 5.74) is 0.906. The Bertz CT molecular complexity index is 552. The lowest BCUT2D eigenvalue weighted by molar-refractivity contribution is -0.148. The van der Waals surface area contributed by atoms with E-state index in [0.29, 0.717) is 6.42 Å². The minimum Gasteiger partial charge on any atom is -0.487 e. The van der Waals surface area contributed by atoms with Crippen molar-refractivity contribution in [2.75, 3.05) is 7.11 Å². The fourth-order valence-electron chi connectivity index (χ4n) is 2.32. The quantitative estimate of drug-likeness (QED) is 0.895. The van der Waals surface area contributed by atoms with Gasteiger partial charge in [0.25, 0.3) is 0 Å². The Morgan fingerprint density at radius 1 is 1.28 bits per heavy atom. The zero-order valence-electron chi connectivity index (χ0n) is 10.1. The first kappa shape index (κ1) is 11.4. The van der Waals surface area contributed by atoms with Crippen LogP contribution in [0.15, 0.2) is 36.5 Å². The van der Waals surface area contributed by atoms with Crippen molar-refractivity contribution in [3.8, 4) is 5.75 Å². The Morgan fingerprint density at radius 2 is 2.17 bits per heavy atom. The normalized spacial score (nSPS) is 26.9. The van der Waals surface area contributed by atoms with E-state index in [1.54, 1.807) is 13.3 Å². The Kier molecular flexibility index (Phi) is 2.89. The molecule has 3 rings (SSSR count). The maximum absolute atomic E-state index is 9.55. The Balaban J connectivity index is 1.87. The van der Waals surface area contributed by atoms with Crippen molar-refractivity contribution in [2.24, 2.45) is 0 Å². The molecule has 4 nitrogen and oxygen atoms in total. The summed E-state index contributed by atoms with van der Waals surface area (Å²) in [6.07, 6.45) is 1.62. The van der Waals surface area contributed by atoms with Gasteiger partial charge in [-0.15, -0.1) is 0 Å². The lowest BCUT2D eigenvalue weighted by Crippen LogP contribution is -2.54. The summed E-state index contributed by atoms with van der Waals surface area (Å²) in [5, 5.41) is 10.5. The van der Waals surface area contributed by atoms with Gasteiger partial charge in [0.05, 0.1) is 11.6 Å². The van der Waals surface area contributed by atoms with Gasteiger partial charge < -0.3 is 14.6 Å². The molecular formula is C14H15NO3. The molecule has 0 radical (unpaired) electrons. The fourth-order valence-corrected chi connectivity index (χ4v) is 2.32. The lowest BCUT2D eigenvalue weighted by atomic mass is 9.88. The molecule has 0 aliphatic heterocycles. The second-order valence-corrected chi connectivity index (χ2v) is 4.49. The predicted molar refractivity (Wildman–Crippen MR) is 67.6 cm³/mol. The smallest absolute Gasteiger partial charge is 0.130 e. The minimum atomic E-state index is -0.423. The molecule has 1 N–H and O–H groups in total. The van der Waals surface area contributed by atoms with Gasteiger partial charge in [0.15, 0.2) is 0 Å². The van der Waals surface area contributed by atoms with Gasteiger partial charge in [0.1, 0.15) is 18.0 Å². The fraction of sp³-hybridized carbons (Fsp3) is 0.357. The van der Waals surface area contributed by atoms with Gasteiger partial charge in [0.2, 0.25) is 0 Å². The highest BCUT2D eigenvalue weighted by Gasteiger charge is 2.42. The van der Waals surface area contributed by atoms with Gasteiger partial charge in [-0.2, -0.15) is 0 Å². The zero-order chi connectivity index (χ0) is 12.5. The van der Waals surface area contributed by atoms with Gasteiger partial charge in [-0.25, -0.2) is 0 Å². The number of nitrogens with zero attached hydrogens (tertiary/aromatic N) is 1. The van der Waals surface area contributed by atoms with Gasteiger partial charge in [0, 0.05) is 25.1 Å². The van der Waals surface area contributed by atoms with E-state index in [9.17, 15) is 5.11 Å². The molecule has 1 aliphatic carbocycles. The summed E-state index contributed by atoms with van der Waals surface area (Å²) in [6.45, 7) is 0. The third-order valence-electron chi connectivity index (χ3n) is 3.38. The molecule has 94 valence electrons. The van der Waals surface area contributed by atoms with E-state index in [-0.39, 0.29) is 12.2 Å². The number of ether oxygens (including phenoxy) is 2. The van der Waals surface area contributed by atoms with Gasteiger partial charge >= 0.3 is 0 Å². The SMILES string of the molecule is COC1C(O)CC1Oc1cccc2ncccc12. The number of rotatable bonds is 3. The predicted octanol–water partition coefficient (Wildman–Crippen LogP) is 1.76. The summed E-state index contributed by atoms with van der Waals surface area (Å²) in [4.78, 5) is 4.29. The number of hydrogen-bond acceptors (Lipinski definition) is 4. The number of methoxy groups -OCH3 is 1. The molecule has 1 aromatic carbocycles. The molecule has 1 aliphatic rings. The highest BCUT2D eigenvalue weighted by atomic mass is 16.6. The molecule has 0 saturated heterocycles. The van der Waals surface area contributed by atoms with E-state index in [1.807, 2.05) is 30.3 Å². The van der Waals surface area contributed by atoms with Crippen LogP contribution in [0.4, 0.5) is 0 Å². The van der Waals surface area contributed by atoms with Crippen LogP contribution in [0.2, 0.25) is 0 Å². The van der Waals surface area contributed by atoms with Gasteiger partial charge in [-0.1, -0.05) is 6.07 Å². The van der Waals surface area contributed by atoms with Crippen LogP contribution in [-0.4, -0.2) is 35.5 Å². The van der Waals surface area contributed by atoms with Crippen LogP contribution in [0.1, 0.15) is 6.42 Å². The van der Waals surface area contributed by atoms with E-state index in [4.69, 9.17) is 9.47 Å². The molecule has 3 unspecified atom stereocenters. The van der Waals surface area contributed by atoms with E-state index < -0.39 is 6.10 Å². The zero-order valence-corrected chi connectivity index (χ0v) is 10.1. The van der Waals surface area contributed by atoms with Crippen LogP contribution >= 0.6 is 0 Å². The molecule has 0 amide bonds. The monoisotopic (exact) mass is 245 g/mol. The summed E-state index contributed by atoms with van der Waals surface area (Å²) in [7, 11) is 1.59. The molecule has 18 heavy (non-hydrogen) atoms. The first-order valence-electron chi connectivity index (χ1n) is 6.01. The number of aliphatic hydroxyl groups is 1. The molecule has 1 heterocycles. The van der Waals surface area contributed by atoms with Crippen molar-refractivity contribution in [1.82, 2.24) is 4.98 Å². The Morgan fingerprint density at radius 3 is 2.94 bits per heavy atom. The van der Waals surface area contributed by atoms with Crippen molar-refractivity contribution in [2.45, 2.75) is 24.7 Å². The van der Waals surface area contributed by atoms with Crippen molar-refractivity contribution >= 4 is 10.9 Å². The van der Waals surface area contributed by atoms with Crippen molar-refractivity contribution in [3.63, 3.8) is 0 Å². The molecule has 0 spiro atoms. The van der Waals surface area contributed by atoms with Crippen molar-refractivity contribution in [1.29, 1.82) is 0 Å². The summed E-state index contributed by atoms with van der Waals surface area (Å²) >= 11 is 0. The number of aliphatic hydroxyl groups excluding tert-OH is 1. The highest BCUT2D eigenvalue weighted by molar-refractivity contribution is 5.84. The molecule has 1 fully saturated rings. The van der Waals surface area contributed by atoms with Crippen molar-refractivity contribution in [3.05, 3.63) is 36.5 Å². The van der Waals surface area contributed by atoms with Crippen molar-refractivity contribution < 1.29 is 14.6 Å². The Labute approximate surface area is 105 Å². The topological polar surface area (TPSA) is 51.6 Å². The Hall–Kier alpha value is -1.65. The number of pyridine rings is 1. The maximum atomic E-state index is 9.55. The van der Waals surface area contributed by atoms with E-state index in [2.05, 4.69) is 4.98 Å². The highest BCUT2D eigenvalue weighted by Crippen LogP contribution is 2.31. The third-order valence-corrected chi connectivity index (χ3v) is 3.38. The van der Waals surface area contributed by atoms with E-state index in [0.717, 1.165) is 16.7 Å². The average Bonchev–Trinajstić information content (AvgIpc) is 2.39. The van der Waals surface area contributed by atoms with Crippen LogP contribution in [0.25, 0.3) is 10.9 Å². The number of fused-ring (bicyclic) bond motifs is 1. The summed E-state index contributed by atoms with van der Waals surface area (Å²) in [6, 6.07) is 9.65. The van der Waals surface area contributed by atoms with Crippen LogP contribution < -0.4 is 4.74 Å². The summed E-state index contributed by atoms with van der Waals surface area (Å²) in [5.74, 6) is 0.791. The molecule has 4 heteroatoms. The van der Waals surface area contributed by atoms with Gasteiger partial charge in [-0.05, 0) is 24.3 Å². The number of aromatic nitrogens is 1. The lowest BCUT2D eigenvalue weighted by Gasteiger charge is -2.40. The van der Waals surface area contributed by atoms with Crippen LogP contribution in [-0.2, 0) is 4.74 Å². The molecule has 0 bridgehead atoms. The minimum absolute atomic E-state index is 0.0872. The first-order valence-corrected chi connectivity index (χ1v) is 6.01. The molecule has 1 aromatic heterocycles. The number of hydrogen-bond donors (Lipinski definition) is 1. The third kappa shape index (κ3) is 1.83. The standard InChI is InChI=1S/C14H15NO3/c1-17-14-11(16)8-13(14)18-12-6-2-5-10-9(12)4-3-7-15-10/h2-7,11,13-14,16H,8H2,1H3. The largest absolute Gasteiger partial charge is 0.487 e. The molecule has 1 saturated carbocycles. The van der Waals surface area contributed by atoms with Gasteiger partial charge in [-0.3, -0.25) is 4.98 Å². The summed E-state index contributed by atoms with van der Waals surface area (Å²) < 4.78 is 11.1. The molecule has 2 aromatic rings. The molecule has 3 atom stereocenters. The van der Waals surface area contributed by atoms with Crippen LogP contribution in [0.3, 0.4) is 0 Å². The maximum Gasteiger partial charge on any atom is 0.130 e. The second kappa shape index (κ2) is 4.55. The number of benzene rings is 1. The molecular weight excluding hydrogens is 230 g/mol. The average molecular weight is 245 g/mol. The van der Waals surface area contributed by atoms with E-state index >= 15 is 0 Å². The van der Waals surface area contributed by atoms with E-state index in [1.165, 1.54) is 0 Å². The second-order valence-electron chi connectivity index (χ2n) is 4.49. The first-order chi connectivity index (χ1) is 8.79.